The number of carbonyl (C=O) groups excluding carboxylic acids is 1. The minimum absolute atomic E-state index is 0.0646. The molecule has 0 aromatic rings. The van der Waals surface area contributed by atoms with Crippen molar-refractivity contribution < 1.29 is 9.90 Å². The molecule has 60 valence electrons. The zero-order valence-corrected chi connectivity index (χ0v) is 6.29. The van der Waals surface area contributed by atoms with Gasteiger partial charge in [-0.2, -0.15) is 0 Å². The Hall–Kier alpha value is -0.610. The van der Waals surface area contributed by atoms with E-state index in [4.69, 9.17) is 5.11 Å². The molecule has 0 aliphatic rings. The van der Waals surface area contributed by atoms with E-state index in [0.717, 1.165) is 6.42 Å². The Bertz CT molecular complexity index is 95.7. The van der Waals surface area contributed by atoms with E-state index in [-0.39, 0.29) is 6.04 Å². The van der Waals surface area contributed by atoms with Crippen LogP contribution in [0.1, 0.15) is 20.3 Å². The van der Waals surface area contributed by atoms with Gasteiger partial charge in [-0.3, -0.25) is 10.2 Å². The van der Waals surface area contributed by atoms with Crippen LogP contribution in [0.5, 0.6) is 0 Å². The Morgan fingerprint density at radius 2 is 2.30 bits per heavy atom. The minimum atomic E-state index is -0.447. The van der Waals surface area contributed by atoms with Gasteiger partial charge in [0.2, 0.25) is 6.41 Å². The normalized spacial score (nSPS) is 15.9. The van der Waals surface area contributed by atoms with Gasteiger partial charge in [0.1, 0.15) is 0 Å². The molecule has 0 saturated heterocycles. The Morgan fingerprint density at radius 1 is 1.70 bits per heavy atom. The van der Waals surface area contributed by atoms with E-state index < -0.39 is 6.10 Å². The predicted molar refractivity (Wildman–Crippen MR) is 38.1 cm³/mol. The van der Waals surface area contributed by atoms with Gasteiger partial charge in [0, 0.05) is 0 Å². The highest BCUT2D eigenvalue weighted by molar-refractivity contribution is 5.44. The molecule has 0 aromatic carbocycles. The Kier molecular flexibility index (Phi) is 4.88. The Morgan fingerprint density at radius 3 is 2.60 bits per heavy atom. The summed E-state index contributed by atoms with van der Waals surface area (Å²) in [5.74, 6) is 0. The monoisotopic (exact) mass is 146 g/mol. The maximum Gasteiger partial charge on any atom is 0.221 e. The van der Waals surface area contributed by atoms with Crippen LogP contribution in [0.3, 0.4) is 0 Å². The summed E-state index contributed by atoms with van der Waals surface area (Å²) in [5.41, 5.74) is 4.94. The van der Waals surface area contributed by atoms with Crippen molar-refractivity contribution in [1.82, 2.24) is 10.9 Å². The molecule has 0 saturated carbocycles. The van der Waals surface area contributed by atoms with Crippen molar-refractivity contribution in [2.24, 2.45) is 0 Å². The average molecular weight is 146 g/mol. The highest BCUT2D eigenvalue weighted by Crippen LogP contribution is 1.94. The average Bonchev–Trinajstić information content (AvgIpc) is 1.89. The molecule has 0 fully saturated rings. The number of aliphatic hydroxyl groups is 1. The van der Waals surface area contributed by atoms with Crippen LogP contribution in [0.25, 0.3) is 0 Å². The lowest BCUT2D eigenvalue weighted by Crippen LogP contribution is -2.45. The first-order chi connectivity index (χ1) is 4.72. The molecule has 0 bridgehead atoms. The summed E-state index contributed by atoms with van der Waals surface area (Å²) >= 11 is 0. The van der Waals surface area contributed by atoms with Crippen molar-refractivity contribution >= 4 is 6.41 Å². The molecule has 0 aliphatic heterocycles. The third-order valence-corrected chi connectivity index (χ3v) is 1.35. The number of amides is 1. The van der Waals surface area contributed by atoms with Crippen molar-refractivity contribution in [2.45, 2.75) is 32.4 Å². The summed E-state index contributed by atoms with van der Waals surface area (Å²) in [4.78, 5) is 9.79. The van der Waals surface area contributed by atoms with Gasteiger partial charge in [0.05, 0.1) is 12.1 Å². The molecule has 2 atom stereocenters. The second-order valence-electron chi connectivity index (χ2n) is 2.16. The van der Waals surface area contributed by atoms with Crippen molar-refractivity contribution in [2.75, 3.05) is 0 Å². The first kappa shape index (κ1) is 9.39. The second kappa shape index (κ2) is 5.20. The summed E-state index contributed by atoms with van der Waals surface area (Å²) in [6.07, 6.45) is 0.876. The van der Waals surface area contributed by atoms with Crippen LogP contribution in [0, 0.1) is 0 Å². The molecule has 1 amide bonds. The molecule has 4 heteroatoms. The third-order valence-electron chi connectivity index (χ3n) is 1.35. The van der Waals surface area contributed by atoms with Gasteiger partial charge in [-0.1, -0.05) is 6.92 Å². The highest BCUT2D eigenvalue weighted by Gasteiger charge is 2.10. The topological polar surface area (TPSA) is 61.4 Å². The zero-order chi connectivity index (χ0) is 7.98. The largest absolute Gasteiger partial charge is 0.392 e. The van der Waals surface area contributed by atoms with E-state index in [9.17, 15) is 4.79 Å². The SMILES string of the molecule is CC[C@H](NNC=O)C(C)O. The zero-order valence-electron chi connectivity index (χ0n) is 6.29. The first-order valence-electron chi connectivity index (χ1n) is 3.35. The highest BCUT2D eigenvalue weighted by atomic mass is 16.3. The van der Waals surface area contributed by atoms with Crippen LogP contribution in [0.15, 0.2) is 0 Å². The molecule has 0 aliphatic carbocycles. The van der Waals surface area contributed by atoms with E-state index >= 15 is 0 Å². The van der Waals surface area contributed by atoms with Crippen LogP contribution >= 0.6 is 0 Å². The lowest BCUT2D eigenvalue weighted by atomic mass is 10.1. The van der Waals surface area contributed by atoms with Crippen molar-refractivity contribution in [3.63, 3.8) is 0 Å². The number of hydrogen-bond acceptors (Lipinski definition) is 3. The molecule has 4 nitrogen and oxygen atoms in total. The summed E-state index contributed by atoms with van der Waals surface area (Å²) in [5, 5.41) is 9.02. The van der Waals surface area contributed by atoms with Gasteiger partial charge in [0.15, 0.2) is 0 Å². The quantitative estimate of drug-likeness (QED) is 0.358. The number of rotatable bonds is 5. The fourth-order valence-corrected chi connectivity index (χ4v) is 0.705. The smallest absolute Gasteiger partial charge is 0.221 e. The fraction of sp³-hybridized carbons (Fsp3) is 0.833. The molecule has 3 N–H and O–H groups in total. The van der Waals surface area contributed by atoms with E-state index in [1.54, 1.807) is 6.92 Å². The summed E-state index contributed by atoms with van der Waals surface area (Å²) in [7, 11) is 0. The Balaban J connectivity index is 3.49. The molecular weight excluding hydrogens is 132 g/mol. The Labute approximate surface area is 60.6 Å². The molecule has 10 heavy (non-hydrogen) atoms. The second-order valence-corrected chi connectivity index (χ2v) is 2.16. The molecule has 0 heterocycles. The summed E-state index contributed by atoms with van der Waals surface area (Å²) < 4.78 is 0. The van der Waals surface area contributed by atoms with Crippen LogP contribution in [0.2, 0.25) is 0 Å². The molecular formula is C6H14N2O2. The van der Waals surface area contributed by atoms with Crippen LogP contribution in [0.4, 0.5) is 0 Å². The molecule has 0 rings (SSSR count). The third kappa shape index (κ3) is 3.42. The van der Waals surface area contributed by atoms with Gasteiger partial charge in [-0.15, -0.1) is 0 Å². The summed E-state index contributed by atoms with van der Waals surface area (Å²) in [6.45, 7) is 3.60. The van der Waals surface area contributed by atoms with Gasteiger partial charge >= 0.3 is 0 Å². The van der Waals surface area contributed by atoms with Crippen LogP contribution < -0.4 is 10.9 Å². The van der Waals surface area contributed by atoms with Crippen LogP contribution in [-0.4, -0.2) is 23.7 Å². The lowest BCUT2D eigenvalue weighted by molar-refractivity contribution is -0.110. The molecule has 1 unspecified atom stereocenters. The minimum Gasteiger partial charge on any atom is -0.392 e. The van der Waals surface area contributed by atoms with E-state index in [1.807, 2.05) is 6.92 Å². The number of hydrogen-bond donors (Lipinski definition) is 3. The van der Waals surface area contributed by atoms with Gasteiger partial charge in [-0.05, 0) is 13.3 Å². The lowest BCUT2D eigenvalue weighted by Gasteiger charge is -2.18. The van der Waals surface area contributed by atoms with Crippen LogP contribution in [-0.2, 0) is 4.79 Å². The van der Waals surface area contributed by atoms with Crippen molar-refractivity contribution in [1.29, 1.82) is 0 Å². The van der Waals surface area contributed by atoms with E-state index in [2.05, 4.69) is 10.9 Å². The van der Waals surface area contributed by atoms with Crippen molar-refractivity contribution in [3.8, 4) is 0 Å². The fourth-order valence-electron chi connectivity index (χ4n) is 0.705. The molecule has 0 aromatic heterocycles. The predicted octanol–water partition coefficient (Wildman–Crippen LogP) is -0.604. The van der Waals surface area contributed by atoms with E-state index in [0.29, 0.717) is 6.41 Å². The van der Waals surface area contributed by atoms with Gasteiger partial charge in [-0.25, -0.2) is 5.43 Å². The molecule has 0 spiro atoms. The summed E-state index contributed by atoms with van der Waals surface area (Å²) in [6, 6.07) is -0.0646. The first-order valence-corrected chi connectivity index (χ1v) is 3.35. The van der Waals surface area contributed by atoms with E-state index in [1.165, 1.54) is 0 Å². The number of hydrazine groups is 1. The molecule has 0 radical (unpaired) electrons. The van der Waals surface area contributed by atoms with Gasteiger partial charge < -0.3 is 5.11 Å². The number of carbonyl (C=O) groups is 1. The number of nitrogens with one attached hydrogen (secondary N) is 2. The number of aliphatic hydroxyl groups excluding tert-OH is 1. The van der Waals surface area contributed by atoms with Crippen molar-refractivity contribution in [3.05, 3.63) is 0 Å². The maximum atomic E-state index is 9.79. The maximum absolute atomic E-state index is 9.79. The standard InChI is InChI=1S/C6H14N2O2/c1-3-6(5(2)10)8-7-4-9/h4-6,8,10H,3H2,1-2H3,(H,7,9)/t5?,6-/m0/s1. The van der Waals surface area contributed by atoms with Gasteiger partial charge in [0.25, 0.3) is 0 Å².